The number of nitrogens with one attached hydrogen (secondary N) is 1. The first kappa shape index (κ1) is 21.0. The van der Waals surface area contributed by atoms with Crippen LogP contribution in [0.2, 0.25) is 0 Å². The minimum Gasteiger partial charge on any atom is -0.493 e. The van der Waals surface area contributed by atoms with Crippen LogP contribution in [0.1, 0.15) is 46.2 Å². The zero-order valence-electron chi connectivity index (χ0n) is 16.8. The molecular weight excluding hydrogens is 411 g/mol. The van der Waals surface area contributed by atoms with Gasteiger partial charge in [-0.2, -0.15) is 13.2 Å². The number of amides is 1. The minimum absolute atomic E-state index is 0.0151. The molecule has 1 N–H and O–H groups in total. The Kier molecular flexibility index (Phi) is 5.47. The van der Waals surface area contributed by atoms with Gasteiger partial charge in [-0.3, -0.25) is 9.59 Å². The zero-order valence-corrected chi connectivity index (χ0v) is 16.8. The second-order valence-corrected chi connectivity index (χ2v) is 7.42. The van der Waals surface area contributed by atoms with Gasteiger partial charge in [0.15, 0.2) is 5.76 Å². The molecule has 31 heavy (non-hydrogen) atoms. The molecule has 0 unspecified atom stereocenters. The molecule has 0 spiro atoms. The highest BCUT2D eigenvalue weighted by Crippen LogP contribution is 2.38. The minimum atomic E-state index is -4.56. The molecule has 0 aliphatic carbocycles. The van der Waals surface area contributed by atoms with Gasteiger partial charge in [0, 0.05) is 35.5 Å². The van der Waals surface area contributed by atoms with Gasteiger partial charge in [-0.1, -0.05) is 12.1 Å². The van der Waals surface area contributed by atoms with Crippen LogP contribution >= 0.6 is 0 Å². The maximum absolute atomic E-state index is 13.2. The molecule has 0 atom stereocenters. The Morgan fingerprint density at radius 2 is 1.97 bits per heavy atom. The van der Waals surface area contributed by atoms with Crippen molar-refractivity contribution in [3.05, 3.63) is 64.4 Å². The molecule has 3 aromatic rings. The molecule has 1 aromatic heterocycles. The quantitative estimate of drug-likeness (QED) is 0.596. The van der Waals surface area contributed by atoms with E-state index < -0.39 is 17.5 Å². The molecule has 0 bridgehead atoms. The zero-order chi connectivity index (χ0) is 22.2. The van der Waals surface area contributed by atoms with E-state index in [9.17, 15) is 22.8 Å². The Morgan fingerprint density at radius 3 is 2.71 bits per heavy atom. The molecule has 1 aliphatic rings. The lowest BCUT2D eigenvalue weighted by Gasteiger charge is -2.18. The predicted octanol–water partition coefficient (Wildman–Crippen LogP) is 4.69. The molecule has 162 valence electrons. The Labute approximate surface area is 176 Å². The number of alkyl halides is 3. The first-order valence-electron chi connectivity index (χ1n) is 9.92. The molecule has 1 aliphatic heterocycles. The van der Waals surface area contributed by atoms with Gasteiger partial charge < -0.3 is 14.5 Å². The van der Waals surface area contributed by atoms with Crippen LogP contribution in [0.3, 0.4) is 0 Å². The first-order valence-corrected chi connectivity index (χ1v) is 9.92. The molecule has 8 heteroatoms. The van der Waals surface area contributed by atoms with E-state index in [1.165, 1.54) is 19.1 Å². The molecule has 2 heterocycles. The third-order valence-corrected chi connectivity index (χ3v) is 5.26. The van der Waals surface area contributed by atoms with Crippen molar-refractivity contribution in [2.45, 2.75) is 32.4 Å². The van der Waals surface area contributed by atoms with E-state index >= 15 is 0 Å². The molecule has 1 amide bonds. The lowest BCUT2D eigenvalue weighted by Crippen LogP contribution is -2.23. The molecular formula is C23H20F3NO4. The fraction of sp³-hybridized carbons (Fsp3) is 0.304. The summed E-state index contributed by atoms with van der Waals surface area (Å²) in [5.41, 5.74) is 0.930. The third-order valence-electron chi connectivity index (χ3n) is 5.26. The summed E-state index contributed by atoms with van der Waals surface area (Å²) in [6, 6.07) is 7.75. The number of carbonyl (C=O) groups is 2. The third kappa shape index (κ3) is 4.15. The Hall–Kier alpha value is -3.29. The number of hydrogen-bond acceptors (Lipinski definition) is 4. The summed E-state index contributed by atoms with van der Waals surface area (Å²) < 4.78 is 50.9. The van der Waals surface area contributed by atoms with Crippen LogP contribution in [0.5, 0.6) is 5.75 Å². The van der Waals surface area contributed by atoms with E-state index in [0.29, 0.717) is 29.9 Å². The second kappa shape index (κ2) is 8.09. The summed E-state index contributed by atoms with van der Waals surface area (Å²) in [6.45, 7) is 2.24. The summed E-state index contributed by atoms with van der Waals surface area (Å²) in [6.07, 6.45) is -2.73. The highest BCUT2D eigenvalue weighted by Gasteiger charge is 2.32. The van der Waals surface area contributed by atoms with Crippen LogP contribution in [-0.4, -0.2) is 24.8 Å². The lowest BCUT2D eigenvalue weighted by molar-refractivity contribution is -0.137. The van der Waals surface area contributed by atoms with Crippen molar-refractivity contribution in [2.24, 2.45) is 0 Å². The van der Waals surface area contributed by atoms with Gasteiger partial charge in [-0.25, -0.2) is 0 Å². The van der Waals surface area contributed by atoms with E-state index in [1.54, 1.807) is 12.1 Å². The van der Waals surface area contributed by atoms with Crippen molar-refractivity contribution in [1.29, 1.82) is 0 Å². The van der Waals surface area contributed by atoms with Gasteiger partial charge in [0.05, 0.1) is 12.2 Å². The molecule has 0 fully saturated rings. The number of benzene rings is 2. The van der Waals surface area contributed by atoms with Crippen molar-refractivity contribution < 1.29 is 31.9 Å². The second-order valence-electron chi connectivity index (χ2n) is 7.42. The van der Waals surface area contributed by atoms with Gasteiger partial charge in [0.2, 0.25) is 11.7 Å². The number of aryl methyl sites for hydroxylation is 1. The van der Waals surface area contributed by atoms with Crippen LogP contribution in [0.15, 0.2) is 40.8 Å². The number of hydrogen-bond donors (Lipinski definition) is 1. The normalized spacial score (nSPS) is 13.5. The molecule has 2 aromatic carbocycles. The molecule has 5 nitrogen and oxygen atoms in total. The van der Waals surface area contributed by atoms with Gasteiger partial charge in [0.1, 0.15) is 11.3 Å². The number of carbonyl (C=O) groups excluding carboxylic acids is 2. The number of ether oxygens (including phenoxy) is 1. The van der Waals surface area contributed by atoms with Crippen LogP contribution < -0.4 is 10.1 Å². The molecule has 0 radical (unpaired) electrons. The van der Waals surface area contributed by atoms with Gasteiger partial charge in [-0.05, 0) is 43.5 Å². The van der Waals surface area contributed by atoms with E-state index in [1.807, 2.05) is 0 Å². The number of ketones is 1. The summed E-state index contributed by atoms with van der Waals surface area (Å²) in [7, 11) is 0. The number of fused-ring (bicyclic) bond motifs is 3. The highest BCUT2D eigenvalue weighted by atomic mass is 19.4. The van der Waals surface area contributed by atoms with Crippen LogP contribution in [0.25, 0.3) is 11.0 Å². The monoisotopic (exact) mass is 431 g/mol. The summed E-state index contributed by atoms with van der Waals surface area (Å²) >= 11 is 0. The fourth-order valence-electron chi connectivity index (χ4n) is 3.88. The van der Waals surface area contributed by atoms with E-state index in [0.717, 1.165) is 35.9 Å². The van der Waals surface area contributed by atoms with Crippen molar-refractivity contribution in [3.63, 3.8) is 0 Å². The number of rotatable bonds is 5. The summed E-state index contributed by atoms with van der Waals surface area (Å²) in [5.74, 6) is -0.161. The smallest absolute Gasteiger partial charge is 0.416 e. The van der Waals surface area contributed by atoms with Gasteiger partial charge in [0.25, 0.3) is 0 Å². The fourth-order valence-corrected chi connectivity index (χ4v) is 3.88. The van der Waals surface area contributed by atoms with E-state index in [4.69, 9.17) is 9.15 Å². The largest absolute Gasteiger partial charge is 0.493 e. The highest BCUT2D eigenvalue weighted by molar-refractivity contribution is 6.11. The summed E-state index contributed by atoms with van der Waals surface area (Å²) in [5, 5.41) is 3.43. The Balaban J connectivity index is 1.83. The Morgan fingerprint density at radius 1 is 1.16 bits per heavy atom. The van der Waals surface area contributed by atoms with Crippen molar-refractivity contribution >= 4 is 22.7 Å². The predicted molar refractivity (Wildman–Crippen MR) is 107 cm³/mol. The lowest BCUT2D eigenvalue weighted by atomic mass is 9.95. The van der Waals surface area contributed by atoms with Crippen LogP contribution in [0, 0.1) is 0 Å². The van der Waals surface area contributed by atoms with E-state index in [-0.39, 0.29) is 23.8 Å². The van der Waals surface area contributed by atoms with Crippen LogP contribution in [0.4, 0.5) is 13.2 Å². The number of halogens is 3. The Bertz CT molecular complexity index is 1160. The topological polar surface area (TPSA) is 68.5 Å². The average Bonchev–Trinajstić information content (AvgIpc) is 3.11. The van der Waals surface area contributed by atoms with Crippen molar-refractivity contribution in [2.75, 3.05) is 13.2 Å². The molecule has 4 rings (SSSR count). The molecule has 0 saturated carbocycles. The average molecular weight is 431 g/mol. The van der Waals surface area contributed by atoms with Crippen molar-refractivity contribution in [1.82, 2.24) is 5.32 Å². The number of furan rings is 1. The van der Waals surface area contributed by atoms with Gasteiger partial charge >= 0.3 is 6.18 Å². The first-order chi connectivity index (χ1) is 14.8. The van der Waals surface area contributed by atoms with Gasteiger partial charge in [-0.15, -0.1) is 0 Å². The SMILES string of the molecule is CC(=O)NCCc1c(C(=O)c2cccc(C(F)(F)F)c2)oc2ccc3c(c12)CCCO3. The van der Waals surface area contributed by atoms with E-state index in [2.05, 4.69) is 5.32 Å². The van der Waals surface area contributed by atoms with Crippen molar-refractivity contribution in [3.8, 4) is 5.75 Å². The summed E-state index contributed by atoms with van der Waals surface area (Å²) in [4.78, 5) is 24.5. The maximum Gasteiger partial charge on any atom is 0.416 e. The van der Waals surface area contributed by atoms with Crippen LogP contribution in [-0.2, 0) is 23.8 Å². The standard InChI is InChI=1S/C23H20F3NO4/c1-13(28)27-10-9-17-20-16-6-3-11-30-18(16)7-8-19(20)31-22(17)21(29)14-4-2-5-15(12-14)23(24,25)26/h2,4-5,7-8,12H,3,6,9-11H2,1H3,(H,27,28). The maximum atomic E-state index is 13.2. The molecule has 0 saturated heterocycles.